The third-order valence-corrected chi connectivity index (χ3v) is 3.21. The first-order valence-electron chi connectivity index (χ1n) is 6.48. The summed E-state index contributed by atoms with van der Waals surface area (Å²) in [6.45, 7) is 3.78. The van der Waals surface area contributed by atoms with E-state index in [1.54, 1.807) is 13.8 Å². The molecule has 1 unspecified atom stereocenters. The van der Waals surface area contributed by atoms with Gasteiger partial charge < -0.3 is 19.6 Å². The number of amides is 2. The number of ether oxygens (including phenoxy) is 1. The summed E-state index contributed by atoms with van der Waals surface area (Å²) in [5.41, 5.74) is 0. The van der Waals surface area contributed by atoms with Crippen LogP contribution in [0, 0.1) is 0 Å². The van der Waals surface area contributed by atoms with Gasteiger partial charge in [0.15, 0.2) is 0 Å². The van der Waals surface area contributed by atoms with Gasteiger partial charge in [-0.1, -0.05) is 0 Å². The Balaban J connectivity index is 2.85. The van der Waals surface area contributed by atoms with E-state index < -0.39 is 30.6 Å². The molecule has 0 spiro atoms. The van der Waals surface area contributed by atoms with Crippen LogP contribution in [0.25, 0.3) is 0 Å². The van der Waals surface area contributed by atoms with Crippen molar-refractivity contribution in [3.63, 3.8) is 0 Å². The second kappa shape index (κ2) is 6.50. The normalized spacial score (nSPS) is 24.6. The van der Waals surface area contributed by atoms with E-state index in [9.17, 15) is 22.8 Å². The third kappa shape index (κ3) is 4.76. The van der Waals surface area contributed by atoms with Crippen molar-refractivity contribution in [2.75, 3.05) is 20.1 Å². The first kappa shape index (κ1) is 17.5. The fourth-order valence-electron chi connectivity index (χ4n) is 2.33. The molecule has 0 bridgehead atoms. The Morgan fingerprint density at radius 1 is 1.33 bits per heavy atom. The van der Waals surface area contributed by atoms with E-state index in [0.717, 1.165) is 7.05 Å². The van der Waals surface area contributed by atoms with Gasteiger partial charge in [0.1, 0.15) is 6.04 Å². The smallest absolute Gasteiger partial charge is 0.409 e. The van der Waals surface area contributed by atoms with Crippen LogP contribution in [0.3, 0.4) is 0 Å². The average Bonchev–Trinajstić information content (AvgIpc) is 2.31. The summed E-state index contributed by atoms with van der Waals surface area (Å²) in [5, 5.41) is 8.60. The summed E-state index contributed by atoms with van der Waals surface area (Å²) in [5.74, 6) is -1.61. The predicted molar refractivity (Wildman–Crippen MR) is 66.8 cm³/mol. The lowest BCUT2D eigenvalue weighted by Gasteiger charge is -2.39. The number of urea groups is 1. The minimum Gasteiger partial charge on any atom is -0.481 e. The van der Waals surface area contributed by atoms with Gasteiger partial charge in [0.25, 0.3) is 0 Å². The van der Waals surface area contributed by atoms with Crippen LogP contribution in [-0.4, -0.2) is 71.5 Å². The highest BCUT2D eigenvalue weighted by Crippen LogP contribution is 2.27. The quantitative estimate of drug-likeness (QED) is 0.858. The molecule has 0 radical (unpaired) electrons. The predicted octanol–water partition coefficient (Wildman–Crippen LogP) is 1.55. The van der Waals surface area contributed by atoms with Crippen molar-refractivity contribution in [1.29, 1.82) is 0 Å². The lowest BCUT2D eigenvalue weighted by Crippen LogP contribution is -2.56. The molecule has 2 amide bonds. The van der Waals surface area contributed by atoms with Crippen molar-refractivity contribution in [1.82, 2.24) is 9.80 Å². The van der Waals surface area contributed by atoms with Gasteiger partial charge in [-0.2, -0.15) is 13.2 Å². The van der Waals surface area contributed by atoms with E-state index in [4.69, 9.17) is 9.84 Å². The molecule has 1 fully saturated rings. The molecule has 1 aliphatic rings. The largest absolute Gasteiger partial charge is 0.481 e. The number of carbonyl (C=O) groups is 2. The van der Waals surface area contributed by atoms with E-state index in [-0.39, 0.29) is 25.3 Å². The Morgan fingerprint density at radius 2 is 1.81 bits per heavy atom. The topological polar surface area (TPSA) is 70.1 Å². The number of carboxylic acid groups (broad SMARTS) is 1. The van der Waals surface area contributed by atoms with Gasteiger partial charge in [-0.3, -0.25) is 4.79 Å². The molecule has 1 saturated heterocycles. The zero-order chi connectivity index (χ0) is 16.4. The average molecular weight is 312 g/mol. The van der Waals surface area contributed by atoms with Crippen molar-refractivity contribution in [2.24, 2.45) is 0 Å². The van der Waals surface area contributed by atoms with E-state index >= 15 is 0 Å². The molecule has 3 atom stereocenters. The van der Waals surface area contributed by atoms with Crippen LogP contribution >= 0.6 is 0 Å². The summed E-state index contributed by atoms with van der Waals surface area (Å²) in [6.07, 6.45) is -6.54. The maximum atomic E-state index is 12.9. The molecule has 122 valence electrons. The van der Waals surface area contributed by atoms with Crippen LogP contribution in [0.5, 0.6) is 0 Å². The van der Waals surface area contributed by atoms with Crippen molar-refractivity contribution < 1.29 is 32.6 Å². The zero-order valence-corrected chi connectivity index (χ0v) is 12.1. The fourth-order valence-corrected chi connectivity index (χ4v) is 2.33. The maximum absolute atomic E-state index is 12.9. The maximum Gasteiger partial charge on any atom is 0.409 e. The Morgan fingerprint density at radius 3 is 2.19 bits per heavy atom. The number of alkyl halides is 3. The Bertz CT molecular complexity index is 392. The summed E-state index contributed by atoms with van der Waals surface area (Å²) < 4.78 is 44.1. The number of aliphatic carboxylic acids is 1. The molecule has 1 heterocycles. The van der Waals surface area contributed by atoms with Crippen LogP contribution in [0.4, 0.5) is 18.0 Å². The number of hydrogen-bond donors (Lipinski definition) is 1. The number of carbonyl (C=O) groups excluding carboxylic acids is 1. The van der Waals surface area contributed by atoms with Crippen LogP contribution in [0.2, 0.25) is 0 Å². The molecule has 1 aliphatic heterocycles. The number of carboxylic acids is 1. The van der Waals surface area contributed by atoms with Crippen LogP contribution < -0.4 is 0 Å². The molecule has 1 N–H and O–H groups in total. The van der Waals surface area contributed by atoms with E-state index in [0.29, 0.717) is 4.90 Å². The summed E-state index contributed by atoms with van der Waals surface area (Å²) in [6, 6.07) is -3.20. The highest BCUT2D eigenvalue weighted by molar-refractivity contribution is 5.76. The van der Waals surface area contributed by atoms with Crippen LogP contribution in [0.15, 0.2) is 0 Å². The first-order chi connectivity index (χ1) is 9.52. The molecule has 0 aromatic rings. The summed E-state index contributed by atoms with van der Waals surface area (Å²) in [4.78, 5) is 24.4. The minimum atomic E-state index is -4.80. The standard InChI is InChI=1S/C12H19F3N2O4/c1-7-5-17(6-8(2)21-7)11(20)16(3)9(4-10(18)19)12(13,14)15/h7-9H,4-6H2,1-3H3,(H,18,19)/t7-,8+,9?. The van der Waals surface area contributed by atoms with Crippen molar-refractivity contribution >= 4 is 12.0 Å². The molecule has 0 aliphatic carbocycles. The van der Waals surface area contributed by atoms with Crippen molar-refractivity contribution in [3.05, 3.63) is 0 Å². The van der Waals surface area contributed by atoms with Crippen molar-refractivity contribution in [3.8, 4) is 0 Å². The summed E-state index contributed by atoms with van der Waals surface area (Å²) in [7, 11) is 0.966. The fraction of sp³-hybridized carbons (Fsp3) is 0.833. The highest BCUT2D eigenvalue weighted by Gasteiger charge is 2.46. The number of nitrogens with zero attached hydrogens (tertiary/aromatic N) is 2. The molecule has 0 saturated carbocycles. The Hall–Kier alpha value is -1.51. The molecule has 21 heavy (non-hydrogen) atoms. The van der Waals surface area contributed by atoms with E-state index in [1.807, 2.05) is 0 Å². The Labute approximate surface area is 120 Å². The molecule has 9 heteroatoms. The summed E-state index contributed by atoms with van der Waals surface area (Å²) >= 11 is 0. The number of hydrogen-bond acceptors (Lipinski definition) is 3. The van der Waals surface area contributed by atoms with Crippen LogP contribution in [-0.2, 0) is 9.53 Å². The Kier molecular flexibility index (Phi) is 5.43. The van der Waals surface area contributed by atoms with Gasteiger partial charge >= 0.3 is 18.2 Å². The van der Waals surface area contributed by atoms with Gasteiger partial charge in [0.05, 0.1) is 18.6 Å². The number of halogens is 3. The zero-order valence-electron chi connectivity index (χ0n) is 12.1. The number of morpholine rings is 1. The second-order valence-corrected chi connectivity index (χ2v) is 5.21. The van der Waals surface area contributed by atoms with E-state index in [1.165, 1.54) is 4.90 Å². The van der Waals surface area contributed by atoms with Gasteiger partial charge in [-0.05, 0) is 13.8 Å². The lowest BCUT2D eigenvalue weighted by atomic mass is 10.1. The van der Waals surface area contributed by atoms with Crippen LogP contribution in [0.1, 0.15) is 20.3 Å². The molecular weight excluding hydrogens is 293 g/mol. The molecule has 1 rings (SSSR count). The molecule has 6 nitrogen and oxygen atoms in total. The second-order valence-electron chi connectivity index (χ2n) is 5.21. The van der Waals surface area contributed by atoms with E-state index in [2.05, 4.69) is 0 Å². The minimum absolute atomic E-state index is 0.172. The number of rotatable bonds is 3. The molecule has 0 aromatic carbocycles. The highest BCUT2D eigenvalue weighted by atomic mass is 19.4. The third-order valence-electron chi connectivity index (χ3n) is 3.21. The van der Waals surface area contributed by atoms with Gasteiger partial charge in [-0.15, -0.1) is 0 Å². The SMILES string of the molecule is C[C@@H]1CN(C(=O)N(C)C(CC(=O)O)C(F)(F)F)C[C@H](C)O1. The molecule has 0 aromatic heterocycles. The van der Waals surface area contributed by atoms with Crippen molar-refractivity contribution in [2.45, 2.75) is 44.7 Å². The lowest BCUT2D eigenvalue weighted by molar-refractivity contribution is -0.183. The molecular formula is C12H19F3N2O4. The first-order valence-corrected chi connectivity index (χ1v) is 6.48. The monoisotopic (exact) mass is 312 g/mol. The van der Waals surface area contributed by atoms with Gasteiger partial charge in [0.2, 0.25) is 0 Å². The van der Waals surface area contributed by atoms with Gasteiger partial charge in [0, 0.05) is 20.1 Å². The van der Waals surface area contributed by atoms with Gasteiger partial charge in [-0.25, -0.2) is 4.79 Å².